The van der Waals surface area contributed by atoms with Crippen LogP contribution in [0.15, 0.2) is 12.1 Å². The SMILES string of the molecule is CCc1cc2c(cc1COC(N)=O)OCO2. The minimum Gasteiger partial charge on any atom is -0.454 e. The predicted molar refractivity (Wildman–Crippen MR) is 56.3 cm³/mol. The van der Waals surface area contributed by atoms with E-state index >= 15 is 0 Å². The van der Waals surface area contributed by atoms with Crippen LogP contribution in [0.1, 0.15) is 18.1 Å². The third-order valence-electron chi connectivity index (χ3n) is 2.45. The van der Waals surface area contributed by atoms with Crippen LogP contribution in [-0.2, 0) is 17.8 Å². The van der Waals surface area contributed by atoms with E-state index in [4.69, 9.17) is 19.9 Å². The largest absolute Gasteiger partial charge is 0.454 e. The lowest BCUT2D eigenvalue weighted by molar-refractivity contribution is 0.149. The standard InChI is InChI=1S/C11H13NO4/c1-2-7-3-9-10(16-6-15-9)4-8(7)5-14-11(12)13/h3-4H,2,5-6H2,1H3,(H2,12,13). The van der Waals surface area contributed by atoms with Gasteiger partial charge in [0.25, 0.3) is 0 Å². The molecule has 0 bridgehead atoms. The third-order valence-corrected chi connectivity index (χ3v) is 2.45. The van der Waals surface area contributed by atoms with Gasteiger partial charge >= 0.3 is 6.09 Å². The second-order valence-corrected chi connectivity index (χ2v) is 3.44. The quantitative estimate of drug-likeness (QED) is 0.844. The van der Waals surface area contributed by atoms with Gasteiger partial charge in [-0.05, 0) is 29.7 Å². The zero-order chi connectivity index (χ0) is 11.5. The molecule has 86 valence electrons. The van der Waals surface area contributed by atoms with Crippen LogP contribution in [-0.4, -0.2) is 12.9 Å². The van der Waals surface area contributed by atoms with Crippen molar-refractivity contribution in [1.82, 2.24) is 0 Å². The number of rotatable bonds is 3. The van der Waals surface area contributed by atoms with Gasteiger partial charge in [-0.3, -0.25) is 0 Å². The van der Waals surface area contributed by atoms with Gasteiger partial charge < -0.3 is 19.9 Å². The van der Waals surface area contributed by atoms with Gasteiger partial charge in [-0.2, -0.15) is 0 Å². The van der Waals surface area contributed by atoms with E-state index in [0.29, 0.717) is 5.75 Å². The monoisotopic (exact) mass is 223 g/mol. The number of benzene rings is 1. The van der Waals surface area contributed by atoms with E-state index in [1.54, 1.807) is 0 Å². The van der Waals surface area contributed by atoms with E-state index in [1.165, 1.54) is 0 Å². The van der Waals surface area contributed by atoms with Gasteiger partial charge in [0.2, 0.25) is 6.79 Å². The van der Waals surface area contributed by atoms with E-state index in [9.17, 15) is 4.79 Å². The Morgan fingerprint density at radius 2 is 2.00 bits per heavy atom. The summed E-state index contributed by atoms with van der Waals surface area (Å²) in [6.07, 6.45) is 0.0494. The fraction of sp³-hybridized carbons (Fsp3) is 0.364. The normalized spacial score (nSPS) is 12.6. The van der Waals surface area contributed by atoms with Gasteiger partial charge in [0.15, 0.2) is 11.5 Å². The number of hydrogen-bond donors (Lipinski definition) is 1. The molecule has 0 fully saturated rings. The van der Waals surface area contributed by atoms with Crippen molar-refractivity contribution in [2.75, 3.05) is 6.79 Å². The molecule has 5 nitrogen and oxygen atoms in total. The van der Waals surface area contributed by atoms with Crippen molar-refractivity contribution in [3.8, 4) is 11.5 Å². The maximum absolute atomic E-state index is 10.6. The number of amides is 1. The molecule has 0 saturated heterocycles. The van der Waals surface area contributed by atoms with E-state index in [2.05, 4.69) is 0 Å². The van der Waals surface area contributed by atoms with Crippen LogP contribution >= 0.6 is 0 Å². The molecular formula is C11H13NO4. The highest BCUT2D eigenvalue weighted by Gasteiger charge is 2.16. The molecule has 2 rings (SSSR count). The Morgan fingerprint density at radius 3 is 2.56 bits per heavy atom. The average molecular weight is 223 g/mol. The van der Waals surface area contributed by atoms with E-state index in [1.807, 2.05) is 19.1 Å². The molecule has 0 atom stereocenters. The molecule has 0 unspecified atom stereocenters. The number of carbonyl (C=O) groups excluding carboxylic acids is 1. The Balaban J connectivity index is 2.25. The maximum Gasteiger partial charge on any atom is 0.404 e. The van der Waals surface area contributed by atoms with Gasteiger partial charge in [-0.25, -0.2) is 4.79 Å². The summed E-state index contributed by atoms with van der Waals surface area (Å²) >= 11 is 0. The zero-order valence-corrected chi connectivity index (χ0v) is 8.99. The van der Waals surface area contributed by atoms with Gasteiger partial charge in [0.1, 0.15) is 6.61 Å². The Bertz CT molecular complexity index is 417. The Morgan fingerprint density at radius 1 is 1.38 bits per heavy atom. The van der Waals surface area contributed by atoms with E-state index < -0.39 is 6.09 Å². The summed E-state index contributed by atoms with van der Waals surface area (Å²) in [5.41, 5.74) is 6.88. The van der Waals surface area contributed by atoms with Crippen LogP contribution in [0.2, 0.25) is 0 Å². The first-order valence-electron chi connectivity index (χ1n) is 5.04. The van der Waals surface area contributed by atoms with Gasteiger partial charge in [0.05, 0.1) is 0 Å². The predicted octanol–water partition coefficient (Wildman–Crippen LogP) is 1.57. The molecule has 0 spiro atoms. The van der Waals surface area contributed by atoms with Gasteiger partial charge in [-0.15, -0.1) is 0 Å². The van der Waals surface area contributed by atoms with Crippen LogP contribution in [0, 0.1) is 0 Å². The molecule has 1 amide bonds. The number of carbonyl (C=O) groups is 1. The lowest BCUT2D eigenvalue weighted by atomic mass is 10.0. The third kappa shape index (κ3) is 2.03. The van der Waals surface area contributed by atoms with Crippen molar-refractivity contribution in [2.45, 2.75) is 20.0 Å². The van der Waals surface area contributed by atoms with E-state index in [0.717, 1.165) is 23.3 Å². The first-order valence-corrected chi connectivity index (χ1v) is 5.04. The highest BCUT2D eigenvalue weighted by atomic mass is 16.7. The fourth-order valence-electron chi connectivity index (χ4n) is 1.64. The Labute approximate surface area is 93.1 Å². The second kappa shape index (κ2) is 4.30. The molecule has 0 aliphatic carbocycles. The van der Waals surface area contributed by atoms with Gasteiger partial charge in [-0.1, -0.05) is 6.92 Å². The number of nitrogens with two attached hydrogens (primary N) is 1. The summed E-state index contributed by atoms with van der Waals surface area (Å²) in [4.78, 5) is 10.6. The van der Waals surface area contributed by atoms with Gasteiger partial charge in [0, 0.05) is 0 Å². The van der Waals surface area contributed by atoms with Crippen molar-refractivity contribution < 1.29 is 19.0 Å². The number of fused-ring (bicyclic) bond motifs is 1. The van der Waals surface area contributed by atoms with Crippen molar-refractivity contribution in [1.29, 1.82) is 0 Å². The average Bonchev–Trinajstić information content (AvgIpc) is 2.71. The molecule has 2 N–H and O–H groups in total. The zero-order valence-electron chi connectivity index (χ0n) is 8.99. The number of hydrogen-bond acceptors (Lipinski definition) is 4. The Hall–Kier alpha value is -1.91. The molecule has 1 aromatic carbocycles. The summed E-state index contributed by atoms with van der Waals surface area (Å²) in [5, 5.41) is 0. The highest BCUT2D eigenvalue weighted by molar-refractivity contribution is 5.64. The minimum atomic E-state index is -0.778. The summed E-state index contributed by atoms with van der Waals surface area (Å²) in [5.74, 6) is 1.42. The topological polar surface area (TPSA) is 70.8 Å². The molecule has 1 heterocycles. The van der Waals surface area contributed by atoms with E-state index in [-0.39, 0.29) is 13.4 Å². The van der Waals surface area contributed by atoms with Crippen LogP contribution in [0.3, 0.4) is 0 Å². The molecular weight excluding hydrogens is 210 g/mol. The van der Waals surface area contributed by atoms with Crippen LogP contribution in [0.4, 0.5) is 4.79 Å². The van der Waals surface area contributed by atoms with Crippen molar-refractivity contribution in [3.63, 3.8) is 0 Å². The summed E-state index contributed by atoms with van der Waals surface area (Å²) in [6.45, 7) is 2.42. The molecule has 1 aromatic rings. The molecule has 0 radical (unpaired) electrons. The van der Waals surface area contributed by atoms with Crippen molar-refractivity contribution >= 4 is 6.09 Å². The van der Waals surface area contributed by atoms with Crippen LogP contribution in [0.25, 0.3) is 0 Å². The smallest absolute Gasteiger partial charge is 0.404 e. The molecule has 0 saturated carbocycles. The summed E-state index contributed by atoms with van der Waals surface area (Å²) < 4.78 is 15.3. The first-order chi connectivity index (χ1) is 7.70. The lowest BCUT2D eigenvalue weighted by Gasteiger charge is -2.09. The molecule has 1 aliphatic rings. The Kier molecular flexibility index (Phi) is 2.85. The first kappa shape index (κ1) is 10.6. The molecule has 5 heteroatoms. The number of ether oxygens (including phenoxy) is 3. The van der Waals surface area contributed by atoms with Crippen LogP contribution < -0.4 is 15.2 Å². The number of aryl methyl sites for hydroxylation is 1. The maximum atomic E-state index is 10.6. The number of primary amides is 1. The highest BCUT2D eigenvalue weighted by Crippen LogP contribution is 2.35. The lowest BCUT2D eigenvalue weighted by Crippen LogP contribution is -2.13. The minimum absolute atomic E-state index is 0.162. The molecule has 1 aliphatic heterocycles. The molecule has 0 aromatic heterocycles. The summed E-state index contributed by atoms with van der Waals surface area (Å²) in [6, 6.07) is 3.73. The summed E-state index contributed by atoms with van der Waals surface area (Å²) in [7, 11) is 0. The van der Waals surface area contributed by atoms with Crippen molar-refractivity contribution in [2.24, 2.45) is 5.73 Å². The molecule has 16 heavy (non-hydrogen) atoms. The van der Waals surface area contributed by atoms with Crippen molar-refractivity contribution in [3.05, 3.63) is 23.3 Å². The van der Waals surface area contributed by atoms with Crippen LogP contribution in [0.5, 0.6) is 11.5 Å². The second-order valence-electron chi connectivity index (χ2n) is 3.44. The fourth-order valence-corrected chi connectivity index (χ4v) is 1.64.